The van der Waals surface area contributed by atoms with Gasteiger partial charge in [-0.3, -0.25) is 9.78 Å². The van der Waals surface area contributed by atoms with E-state index in [1.165, 1.54) is 0 Å². The number of hydrogen-bond acceptors (Lipinski definition) is 5. The van der Waals surface area contributed by atoms with Crippen LogP contribution in [0.3, 0.4) is 0 Å². The molecule has 1 amide bonds. The molecule has 0 aliphatic carbocycles. The first kappa shape index (κ1) is 19.3. The number of carbonyl (C=O) groups is 1. The number of piperidine rings is 1. The molecule has 6 nitrogen and oxygen atoms in total. The van der Waals surface area contributed by atoms with E-state index in [0.717, 1.165) is 57.6 Å². The van der Waals surface area contributed by atoms with E-state index >= 15 is 0 Å². The molecule has 0 bridgehead atoms. The van der Waals surface area contributed by atoms with E-state index in [9.17, 15) is 9.90 Å². The van der Waals surface area contributed by atoms with Gasteiger partial charge < -0.3 is 19.8 Å². The smallest absolute Gasteiger partial charge is 0.222 e. The lowest BCUT2D eigenvalue weighted by atomic mass is 10.0. The van der Waals surface area contributed by atoms with Crippen LogP contribution in [0.15, 0.2) is 24.4 Å². The van der Waals surface area contributed by atoms with E-state index in [-0.39, 0.29) is 5.91 Å². The van der Waals surface area contributed by atoms with Crippen molar-refractivity contribution in [3.63, 3.8) is 0 Å². The average Bonchev–Trinajstić information content (AvgIpc) is 3.05. The van der Waals surface area contributed by atoms with E-state index in [2.05, 4.69) is 27.9 Å². The Morgan fingerprint density at radius 3 is 2.77 bits per heavy atom. The summed E-state index contributed by atoms with van der Waals surface area (Å²) in [5.74, 6) is 0.188. The molecule has 26 heavy (non-hydrogen) atoms. The molecule has 0 saturated carbocycles. The summed E-state index contributed by atoms with van der Waals surface area (Å²) in [6.07, 6.45) is 6.24. The van der Waals surface area contributed by atoms with Gasteiger partial charge in [0, 0.05) is 57.0 Å². The fraction of sp³-hybridized carbons (Fsp3) is 0.700. The number of rotatable bonds is 8. The first-order chi connectivity index (χ1) is 12.6. The Balaban J connectivity index is 1.35. The molecule has 1 atom stereocenters. The Morgan fingerprint density at radius 2 is 2.12 bits per heavy atom. The molecule has 1 N–H and O–H groups in total. The van der Waals surface area contributed by atoms with Crippen LogP contribution in [0.5, 0.6) is 0 Å². The minimum Gasteiger partial charge on any atom is -0.390 e. The molecule has 0 spiro atoms. The van der Waals surface area contributed by atoms with Gasteiger partial charge in [0.1, 0.15) is 0 Å². The van der Waals surface area contributed by atoms with Gasteiger partial charge in [-0.05, 0) is 51.5 Å². The third-order valence-corrected chi connectivity index (χ3v) is 5.69. The quantitative estimate of drug-likeness (QED) is 0.750. The topological polar surface area (TPSA) is 59.9 Å². The van der Waals surface area contributed by atoms with Crippen LogP contribution in [-0.2, 0) is 11.2 Å². The third kappa shape index (κ3) is 5.50. The number of pyridine rings is 1. The van der Waals surface area contributed by atoms with E-state index in [1.54, 1.807) is 4.90 Å². The number of aliphatic hydroxyl groups excluding tert-OH is 1. The number of likely N-dealkylation sites (N-methyl/N-ethyl adjacent to an activating group) is 1. The lowest BCUT2D eigenvalue weighted by Gasteiger charge is -2.37. The van der Waals surface area contributed by atoms with Crippen LogP contribution in [0.25, 0.3) is 0 Å². The second kappa shape index (κ2) is 9.44. The number of carbonyl (C=O) groups excluding carboxylic acids is 1. The maximum Gasteiger partial charge on any atom is 0.222 e. The lowest BCUT2D eigenvalue weighted by Crippen LogP contribution is -2.47. The number of β-amino-alcohol motifs (C(OH)–C–C–N with tert-alkyl or cyclic N) is 1. The van der Waals surface area contributed by atoms with Gasteiger partial charge in [-0.2, -0.15) is 0 Å². The fourth-order valence-electron chi connectivity index (χ4n) is 4.09. The van der Waals surface area contributed by atoms with Gasteiger partial charge in [0.25, 0.3) is 0 Å². The van der Waals surface area contributed by atoms with Gasteiger partial charge in [0.05, 0.1) is 6.10 Å². The van der Waals surface area contributed by atoms with Crippen LogP contribution < -0.4 is 0 Å². The monoisotopic (exact) mass is 360 g/mol. The van der Waals surface area contributed by atoms with Crippen molar-refractivity contribution in [1.82, 2.24) is 19.7 Å². The first-order valence-electron chi connectivity index (χ1n) is 9.90. The summed E-state index contributed by atoms with van der Waals surface area (Å²) in [6, 6.07) is 6.61. The molecule has 1 aromatic rings. The maximum absolute atomic E-state index is 11.7. The summed E-state index contributed by atoms with van der Waals surface area (Å²) in [7, 11) is 2.10. The number of amides is 1. The predicted octanol–water partition coefficient (Wildman–Crippen LogP) is 1.00. The van der Waals surface area contributed by atoms with Crippen molar-refractivity contribution in [3.8, 4) is 0 Å². The number of nitrogens with zero attached hydrogens (tertiary/aromatic N) is 4. The molecule has 3 heterocycles. The van der Waals surface area contributed by atoms with Gasteiger partial charge >= 0.3 is 0 Å². The Kier molecular flexibility index (Phi) is 7.00. The van der Waals surface area contributed by atoms with Crippen LogP contribution >= 0.6 is 0 Å². The molecule has 2 aliphatic heterocycles. The fourth-order valence-corrected chi connectivity index (χ4v) is 4.09. The van der Waals surface area contributed by atoms with E-state index in [4.69, 9.17) is 0 Å². The molecule has 2 fully saturated rings. The number of aromatic nitrogens is 1. The summed E-state index contributed by atoms with van der Waals surface area (Å²) in [6.45, 7) is 5.18. The number of aliphatic hydroxyl groups is 1. The third-order valence-electron chi connectivity index (χ3n) is 5.69. The summed E-state index contributed by atoms with van der Waals surface area (Å²) >= 11 is 0. The van der Waals surface area contributed by atoms with Crippen LogP contribution in [0.4, 0.5) is 0 Å². The Morgan fingerprint density at radius 1 is 1.31 bits per heavy atom. The first-order valence-corrected chi connectivity index (χ1v) is 9.90. The van der Waals surface area contributed by atoms with Crippen LogP contribution in [0.1, 0.15) is 31.4 Å². The molecule has 6 heteroatoms. The minimum absolute atomic E-state index is 0.188. The van der Waals surface area contributed by atoms with Gasteiger partial charge in [0.15, 0.2) is 0 Å². The zero-order chi connectivity index (χ0) is 18.4. The Labute approximate surface area is 156 Å². The van der Waals surface area contributed by atoms with Crippen molar-refractivity contribution in [3.05, 3.63) is 30.1 Å². The molecule has 3 rings (SSSR count). The van der Waals surface area contributed by atoms with Crippen molar-refractivity contribution >= 4 is 5.91 Å². The second-order valence-electron chi connectivity index (χ2n) is 7.68. The van der Waals surface area contributed by atoms with Gasteiger partial charge in [-0.25, -0.2) is 0 Å². The van der Waals surface area contributed by atoms with Crippen LogP contribution in [0.2, 0.25) is 0 Å². The molecule has 2 aliphatic rings. The molecule has 0 radical (unpaired) electrons. The summed E-state index contributed by atoms with van der Waals surface area (Å²) in [5.41, 5.74) is 1.16. The summed E-state index contributed by atoms with van der Waals surface area (Å²) in [5, 5.41) is 10.3. The van der Waals surface area contributed by atoms with E-state index < -0.39 is 6.10 Å². The molecular formula is C20H32N4O2. The maximum atomic E-state index is 11.7. The number of hydrogen-bond donors (Lipinski definition) is 1. The van der Waals surface area contributed by atoms with Crippen LogP contribution in [-0.4, -0.2) is 89.2 Å². The van der Waals surface area contributed by atoms with E-state index in [0.29, 0.717) is 25.6 Å². The average molecular weight is 361 g/mol. The SMILES string of the molecule is CN(C[C@H](O)CN1CCCC1=O)C1CCN(CCc2ccccn2)CC1. The Bertz CT molecular complexity index is 560. The zero-order valence-electron chi connectivity index (χ0n) is 15.9. The van der Waals surface area contributed by atoms with Crippen molar-refractivity contribution in [2.45, 2.75) is 44.2 Å². The van der Waals surface area contributed by atoms with E-state index in [1.807, 2.05) is 18.3 Å². The zero-order valence-corrected chi connectivity index (χ0v) is 15.9. The molecule has 0 aromatic carbocycles. The highest BCUT2D eigenvalue weighted by atomic mass is 16.3. The van der Waals surface area contributed by atoms with Gasteiger partial charge in [0.2, 0.25) is 5.91 Å². The molecular weight excluding hydrogens is 328 g/mol. The second-order valence-corrected chi connectivity index (χ2v) is 7.68. The van der Waals surface area contributed by atoms with Gasteiger partial charge in [-0.1, -0.05) is 6.07 Å². The molecule has 2 saturated heterocycles. The largest absolute Gasteiger partial charge is 0.390 e. The van der Waals surface area contributed by atoms with Crippen molar-refractivity contribution in [1.29, 1.82) is 0 Å². The Hall–Kier alpha value is -1.50. The van der Waals surface area contributed by atoms with Crippen molar-refractivity contribution in [2.75, 3.05) is 46.3 Å². The summed E-state index contributed by atoms with van der Waals surface area (Å²) in [4.78, 5) is 22.7. The highest BCUT2D eigenvalue weighted by molar-refractivity contribution is 5.78. The number of likely N-dealkylation sites (tertiary alicyclic amines) is 2. The standard InChI is InChI=1S/C20H32N4O2/c1-22(15-19(25)16-24-11-4-6-20(24)26)18-8-13-23(14-9-18)12-7-17-5-2-3-10-21-17/h2-3,5,10,18-19,25H,4,6-9,11-16H2,1H3/t19-/m0/s1. The highest BCUT2D eigenvalue weighted by Gasteiger charge is 2.26. The van der Waals surface area contributed by atoms with Crippen molar-refractivity contribution < 1.29 is 9.90 Å². The molecule has 1 aromatic heterocycles. The lowest BCUT2D eigenvalue weighted by molar-refractivity contribution is -0.129. The molecule has 0 unspecified atom stereocenters. The minimum atomic E-state index is -0.454. The van der Waals surface area contributed by atoms with Crippen LogP contribution in [0, 0.1) is 0 Å². The summed E-state index contributed by atoms with van der Waals surface area (Å²) < 4.78 is 0. The van der Waals surface area contributed by atoms with Crippen molar-refractivity contribution in [2.24, 2.45) is 0 Å². The highest BCUT2D eigenvalue weighted by Crippen LogP contribution is 2.17. The normalized spacial score (nSPS) is 20.9. The molecule has 144 valence electrons. The predicted molar refractivity (Wildman–Crippen MR) is 102 cm³/mol. The van der Waals surface area contributed by atoms with Gasteiger partial charge in [-0.15, -0.1) is 0 Å².